The Morgan fingerprint density at radius 3 is 2.61 bits per heavy atom. The quantitative estimate of drug-likeness (QED) is 0.811. The lowest BCUT2D eigenvalue weighted by atomic mass is 9.95. The Hall–Kier alpha value is -3.07. The van der Waals surface area contributed by atoms with Crippen LogP contribution in [0.25, 0.3) is 0 Å². The number of aryl methyl sites for hydroxylation is 1. The van der Waals surface area contributed by atoms with Crippen LogP contribution < -0.4 is 5.01 Å². The van der Waals surface area contributed by atoms with E-state index < -0.39 is 11.5 Å². The Morgan fingerprint density at radius 1 is 1.29 bits per heavy atom. The van der Waals surface area contributed by atoms with Crippen molar-refractivity contribution in [2.24, 2.45) is 5.10 Å². The number of aliphatic hydroxyl groups is 1. The molecule has 9 heteroatoms. The van der Waals surface area contributed by atoms with E-state index >= 15 is 0 Å². The lowest BCUT2D eigenvalue weighted by molar-refractivity contribution is -0.129. The van der Waals surface area contributed by atoms with Crippen LogP contribution in [0.5, 0.6) is 0 Å². The minimum Gasteiger partial charge on any atom is -0.423 e. The van der Waals surface area contributed by atoms with Crippen molar-refractivity contribution in [3.63, 3.8) is 0 Å². The fraction of sp³-hybridized carbons (Fsp3) is 0.421. The highest BCUT2D eigenvalue weighted by Crippen LogP contribution is 2.29. The first-order valence-electron chi connectivity index (χ1n) is 9.09. The van der Waals surface area contributed by atoms with Crippen LogP contribution in [0.3, 0.4) is 0 Å². The van der Waals surface area contributed by atoms with E-state index in [9.17, 15) is 14.7 Å². The van der Waals surface area contributed by atoms with Crippen LogP contribution in [0.2, 0.25) is 0 Å². The van der Waals surface area contributed by atoms with Gasteiger partial charge in [0.25, 0.3) is 11.8 Å². The maximum atomic E-state index is 12.8. The van der Waals surface area contributed by atoms with Crippen molar-refractivity contribution in [3.8, 4) is 0 Å². The molecule has 0 bridgehead atoms. The molecule has 0 radical (unpaired) electrons. The molecule has 0 spiro atoms. The van der Waals surface area contributed by atoms with Gasteiger partial charge < -0.3 is 14.4 Å². The van der Waals surface area contributed by atoms with Crippen molar-refractivity contribution in [2.45, 2.75) is 45.8 Å². The van der Waals surface area contributed by atoms with Gasteiger partial charge in [0, 0.05) is 19.0 Å². The SMILES string of the molecule is CCc1nnc(CN(C)C(=O)c2cccc(N3N=C(C)C(O)(CC)C3=O)c2)o1. The van der Waals surface area contributed by atoms with Crippen LogP contribution in [0, 0.1) is 0 Å². The molecule has 0 aliphatic carbocycles. The van der Waals surface area contributed by atoms with Crippen molar-refractivity contribution >= 4 is 23.2 Å². The molecule has 3 rings (SSSR count). The lowest BCUT2D eigenvalue weighted by Crippen LogP contribution is -2.45. The van der Waals surface area contributed by atoms with Gasteiger partial charge in [-0.25, -0.2) is 0 Å². The van der Waals surface area contributed by atoms with Gasteiger partial charge in [0.2, 0.25) is 11.8 Å². The zero-order chi connectivity index (χ0) is 20.5. The molecular formula is C19H23N5O4. The third-order valence-electron chi connectivity index (χ3n) is 4.77. The van der Waals surface area contributed by atoms with E-state index in [1.165, 1.54) is 4.90 Å². The molecule has 28 heavy (non-hydrogen) atoms. The number of amides is 2. The van der Waals surface area contributed by atoms with Gasteiger partial charge in [-0.1, -0.05) is 19.9 Å². The standard InChI is InChI=1S/C19H23N5O4/c1-5-15-20-21-16(28-15)11-23(4)17(25)13-8-7-9-14(10-13)24-18(26)19(27,6-2)12(3)22-24/h7-10,27H,5-6,11H2,1-4H3. The van der Waals surface area contributed by atoms with Crippen molar-refractivity contribution < 1.29 is 19.1 Å². The van der Waals surface area contributed by atoms with Gasteiger partial charge in [0.1, 0.15) is 0 Å². The Kier molecular flexibility index (Phi) is 5.28. The lowest BCUT2D eigenvalue weighted by Gasteiger charge is -2.21. The number of rotatable bonds is 6. The van der Waals surface area contributed by atoms with E-state index in [2.05, 4.69) is 15.3 Å². The number of hydrogen-bond donors (Lipinski definition) is 1. The van der Waals surface area contributed by atoms with E-state index in [0.29, 0.717) is 35.2 Å². The highest BCUT2D eigenvalue weighted by atomic mass is 16.4. The van der Waals surface area contributed by atoms with Crippen LogP contribution >= 0.6 is 0 Å². The summed E-state index contributed by atoms with van der Waals surface area (Å²) in [6.07, 6.45) is 0.851. The predicted octanol–water partition coefficient (Wildman–Crippen LogP) is 1.77. The summed E-state index contributed by atoms with van der Waals surface area (Å²) in [6, 6.07) is 6.55. The summed E-state index contributed by atoms with van der Waals surface area (Å²) in [5, 5.41) is 23.6. The zero-order valence-corrected chi connectivity index (χ0v) is 16.3. The second-order valence-corrected chi connectivity index (χ2v) is 6.67. The Labute approximate surface area is 162 Å². The molecule has 1 aliphatic heterocycles. The van der Waals surface area contributed by atoms with Crippen molar-refractivity contribution in [3.05, 3.63) is 41.6 Å². The predicted molar refractivity (Wildman–Crippen MR) is 102 cm³/mol. The monoisotopic (exact) mass is 385 g/mol. The summed E-state index contributed by atoms with van der Waals surface area (Å²) < 4.78 is 5.44. The van der Waals surface area contributed by atoms with Gasteiger partial charge in [-0.05, 0) is 31.5 Å². The van der Waals surface area contributed by atoms with Gasteiger partial charge in [0.15, 0.2) is 5.60 Å². The van der Waals surface area contributed by atoms with Crippen LogP contribution in [-0.2, 0) is 17.8 Å². The summed E-state index contributed by atoms with van der Waals surface area (Å²) in [5.74, 6) is 0.0773. The normalized spacial score (nSPS) is 19.1. The summed E-state index contributed by atoms with van der Waals surface area (Å²) >= 11 is 0. The smallest absolute Gasteiger partial charge is 0.285 e. The van der Waals surface area contributed by atoms with E-state index in [-0.39, 0.29) is 18.9 Å². The molecule has 0 saturated heterocycles. The number of carbonyl (C=O) groups is 2. The molecule has 2 aromatic rings. The molecule has 1 aromatic carbocycles. The van der Waals surface area contributed by atoms with Crippen molar-refractivity contribution in [2.75, 3.05) is 12.1 Å². The van der Waals surface area contributed by atoms with Crippen LogP contribution in [0.15, 0.2) is 33.8 Å². The van der Waals surface area contributed by atoms with Crippen molar-refractivity contribution in [1.82, 2.24) is 15.1 Å². The van der Waals surface area contributed by atoms with Gasteiger partial charge in [-0.3, -0.25) is 9.59 Å². The first-order chi connectivity index (χ1) is 13.3. The molecule has 1 atom stereocenters. The largest absolute Gasteiger partial charge is 0.423 e. The molecule has 1 aliphatic rings. The van der Waals surface area contributed by atoms with Crippen LogP contribution in [-0.4, -0.2) is 50.4 Å². The van der Waals surface area contributed by atoms with E-state index in [4.69, 9.17) is 4.42 Å². The summed E-state index contributed by atoms with van der Waals surface area (Å²) in [7, 11) is 1.63. The summed E-state index contributed by atoms with van der Waals surface area (Å²) in [4.78, 5) is 26.8. The maximum Gasteiger partial charge on any atom is 0.285 e. The fourth-order valence-corrected chi connectivity index (χ4v) is 2.95. The maximum absolute atomic E-state index is 12.8. The molecule has 1 N–H and O–H groups in total. The molecule has 1 aromatic heterocycles. The number of hydrazone groups is 1. The highest BCUT2D eigenvalue weighted by molar-refractivity contribution is 6.21. The molecule has 148 valence electrons. The minimum atomic E-state index is -1.61. The molecular weight excluding hydrogens is 362 g/mol. The van der Waals surface area contributed by atoms with Gasteiger partial charge in [-0.15, -0.1) is 10.2 Å². The molecule has 2 amide bonds. The van der Waals surface area contributed by atoms with Crippen LogP contribution in [0.4, 0.5) is 5.69 Å². The molecule has 2 heterocycles. The number of nitrogens with zero attached hydrogens (tertiary/aromatic N) is 5. The third-order valence-corrected chi connectivity index (χ3v) is 4.77. The average Bonchev–Trinajstić information content (AvgIpc) is 3.25. The Balaban J connectivity index is 1.79. The Morgan fingerprint density at radius 2 is 2.00 bits per heavy atom. The average molecular weight is 385 g/mol. The second kappa shape index (κ2) is 7.51. The topological polar surface area (TPSA) is 112 Å². The molecule has 9 nitrogen and oxygen atoms in total. The highest BCUT2D eigenvalue weighted by Gasteiger charge is 2.46. The number of benzene rings is 1. The van der Waals surface area contributed by atoms with Crippen LogP contribution in [0.1, 0.15) is 49.3 Å². The van der Waals surface area contributed by atoms with Gasteiger partial charge >= 0.3 is 0 Å². The van der Waals surface area contributed by atoms with E-state index in [0.717, 1.165) is 5.01 Å². The van der Waals surface area contributed by atoms with Crippen molar-refractivity contribution in [1.29, 1.82) is 0 Å². The summed E-state index contributed by atoms with van der Waals surface area (Å²) in [6.45, 7) is 5.41. The third kappa shape index (κ3) is 3.40. The number of hydrogen-bond acceptors (Lipinski definition) is 7. The second-order valence-electron chi connectivity index (χ2n) is 6.67. The van der Waals surface area contributed by atoms with E-state index in [1.807, 2.05) is 6.92 Å². The number of carbonyl (C=O) groups excluding carboxylic acids is 2. The molecule has 0 saturated carbocycles. The first kappa shape index (κ1) is 19.7. The number of aromatic nitrogens is 2. The summed E-state index contributed by atoms with van der Waals surface area (Å²) in [5.41, 5.74) is -0.481. The minimum absolute atomic E-state index is 0.172. The zero-order valence-electron chi connectivity index (χ0n) is 16.3. The first-order valence-corrected chi connectivity index (χ1v) is 9.09. The fourth-order valence-electron chi connectivity index (χ4n) is 2.95. The van der Waals surface area contributed by atoms with E-state index in [1.54, 1.807) is 45.2 Å². The van der Waals surface area contributed by atoms with Gasteiger partial charge in [0.05, 0.1) is 17.9 Å². The molecule has 1 unspecified atom stereocenters. The van der Waals surface area contributed by atoms with Gasteiger partial charge in [-0.2, -0.15) is 10.1 Å². The Bertz CT molecular complexity index is 938. The number of anilines is 1. The molecule has 0 fully saturated rings.